The van der Waals surface area contributed by atoms with E-state index in [1.54, 1.807) is 6.20 Å². The normalized spacial score (nSPS) is 12.0. The topological polar surface area (TPSA) is 17.8 Å². The molecule has 1 aromatic carbocycles. The van der Waals surface area contributed by atoms with Crippen molar-refractivity contribution in [3.8, 4) is 0 Å². The molecule has 0 fully saturated rings. The van der Waals surface area contributed by atoms with Crippen LogP contribution in [0.1, 0.15) is 17.2 Å². The third kappa shape index (κ3) is 2.36. The SMILES string of the molecule is C=CCc1ccccc1C(C=C)n1cccn1. The molecule has 2 heteroatoms. The molecule has 1 atom stereocenters. The van der Waals surface area contributed by atoms with Crippen molar-refractivity contribution in [2.45, 2.75) is 12.5 Å². The summed E-state index contributed by atoms with van der Waals surface area (Å²) in [5, 5.41) is 4.28. The van der Waals surface area contributed by atoms with Crippen molar-refractivity contribution in [3.05, 3.63) is 79.2 Å². The first-order valence-electron chi connectivity index (χ1n) is 5.67. The van der Waals surface area contributed by atoms with Gasteiger partial charge >= 0.3 is 0 Å². The van der Waals surface area contributed by atoms with E-state index in [2.05, 4.69) is 30.4 Å². The highest BCUT2D eigenvalue weighted by atomic mass is 15.3. The predicted octanol–water partition coefficient (Wildman–Crippen LogP) is 3.39. The third-order valence-electron chi connectivity index (χ3n) is 2.77. The van der Waals surface area contributed by atoms with Gasteiger partial charge in [-0.05, 0) is 23.6 Å². The monoisotopic (exact) mass is 224 g/mol. The van der Waals surface area contributed by atoms with Gasteiger partial charge in [0.2, 0.25) is 0 Å². The lowest BCUT2D eigenvalue weighted by molar-refractivity contribution is 0.609. The van der Waals surface area contributed by atoms with E-state index in [9.17, 15) is 0 Å². The first-order valence-corrected chi connectivity index (χ1v) is 5.67. The van der Waals surface area contributed by atoms with Crippen LogP contribution in [0.25, 0.3) is 0 Å². The predicted molar refractivity (Wildman–Crippen MR) is 70.9 cm³/mol. The van der Waals surface area contributed by atoms with Crippen LogP contribution in [0.2, 0.25) is 0 Å². The molecule has 86 valence electrons. The van der Waals surface area contributed by atoms with Crippen molar-refractivity contribution in [3.63, 3.8) is 0 Å². The number of benzene rings is 1. The number of allylic oxidation sites excluding steroid dienone is 2. The van der Waals surface area contributed by atoms with E-state index in [1.807, 2.05) is 41.2 Å². The standard InChI is InChI=1S/C15H16N2/c1-3-8-13-9-5-6-10-14(13)15(4-2)17-12-7-11-16-17/h3-7,9-12,15H,1-2,8H2. The molecular weight excluding hydrogens is 208 g/mol. The largest absolute Gasteiger partial charge is 0.261 e. The molecule has 0 saturated heterocycles. The quantitative estimate of drug-likeness (QED) is 0.712. The fraction of sp³-hybridized carbons (Fsp3) is 0.133. The van der Waals surface area contributed by atoms with E-state index in [0.29, 0.717) is 0 Å². The Morgan fingerprint density at radius 2 is 2.06 bits per heavy atom. The van der Waals surface area contributed by atoms with Crippen LogP contribution >= 0.6 is 0 Å². The molecule has 0 N–H and O–H groups in total. The molecule has 0 aliphatic heterocycles. The van der Waals surface area contributed by atoms with E-state index >= 15 is 0 Å². The second-order valence-corrected chi connectivity index (χ2v) is 3.86. The maximum atomic E-state index is 4.28. The molecule has 1 heterocycles. The first kappa shape index (κ1) is 11.4. The molecular formula is C15H16N2. The van der Waals surface area contributed by atoms with E-state index < -0.39 is 0 Å². The number of hydrogen-bond acceptors (Lipinski definition) is 1. The highest BCUT2D eigenvalue weighted by Gasteiger charge is 2.12. The first-order chi connectivity index (χ1) is 8.36. The van der Waals surface area contributed by atoms with Gasteiger partial charge in [-0.15, -0.1) is 13.2 Å². The van der Waals surface area contributed by atoms with E-state index in [0.717, 1.165) is 6.42 Å². The van der Waals surface area contributed by atoms with Crippen LogP contribution in [0.4, 0.5) is 0 Å². The summed E-state index contributed by atoms with van der Waals surface area (Å²) in [5.74, 6) is 0. The molecule has 2 nitrogen and oxygen atoms in total. The van der Waals surface area contributed by atoms with Gasteiger partial charge in [-0.25, -0.2) is 0 Å². The lowest BCUT2D eigenvalue weighted by Crippen LogP contribution is -2.10. The highest BCUT2D eigenvalue weighted by molar-refractivity contribution is 5.34. The van der Waals surface area contributed by atoms with Crippen LogP contribution in [-0.2, 0) is 6.42 Å². The molecule has 0 amide bonds. The summed E-state index contributed by atoms with van der Waals surface area (Å²) in [4.78, 5) is 0. The number of aromatic nitrogens is 2. The third-order valence-corrected chi connectivity index (χ3v) is 2.77. The zero-order chi connectivity index (χ0) is 12.1. The van der Waals surface area contributed by atoms with Crippen molar-refractivity contribution in [1.82, 2.24) is 9.78 Å². The van der Waals surface area contributed by atoms with Crippen LogP contribution in [0.3, 0.4) is 0 Å². The van der Waals surface area contributed by atoms with Crippen molar-refractivity contribution < 1.29 is 0 Å². The summed E-state index contributed by atoms with van der Waals surface area (Å²) in [6.45, 7) is 7.70. The molecule has 0 radical (unpaired) electrons. The van der Waals surface area contributed by atoms with Crippen molar-refractivity contribution >= 4 is 0 Å². The Balaban J connectivity index is 2.43. The molecule has 0 aliphatic carbocycles. The van der Waals surface area contributed by atoms with Gasteiger partial charge in [0.1, 0.15) is 0 Å². The number of hydrogen-bond donors (Lipinski definition) is 0. The summed E-state index contributed by atoms with van der Waals surface area (Å²) in [5.41, 5.74) is 2.49. The van der Waals surface area contributed by atoms with Gasteiger partial charge in [0.25, 0.3) is 0 Å². The summed E-state index contributed by atoms with van der Waals surface area (Å²) < 4.78 is 1.91. The Morgan fingerprint density at radius 1 is 1.24 bits per heavy atom. The van der Waals surface area contributed by atoms with Crippen LogP contribution in [0, 0.1) is 0 Å². The van der Waals surface area contributed by atoms with Crippen LogP contribution in [0.15, 0.2) is 68.0 Å². The summed E-state index contributed by atoms with van der Waals surface area (Å²) in [7, 11) is 0. The summed E-state index contributed by atoms with van der Waals surface area (Å²) in [6.07, 6.45) is 8.43. The molecule has 0 aliphatic rings. The molecule has 1 unspecified atom stereocenters. The van der Waals surface area contributed by atoms with Gasteiger partial charge in [-0.2, -0.15) is 5.10 Å². The zero-order valence-electron chi connectivity index (χ0n) is 9.79. The minimum absolute atomic E-state index is 0.0844. The lowest BCUT2D eigenvalue weighted by Gasteiger charge is -2.17. The van der Waals surface area contributed by atoms with Gasteiger partial charge in [0, 0.05) is 12.4 Å². The van der Waals surface area contributed by atoms with Crippen LogP contribution in [-0.4, -0.2) is 9.78 Å². The van der Waals surface area contributed by atoms with Crippen molar-refractivity contribution in [2.24, 2.45) is 0 Å². The Morgan fingerprint density at radius 3 is 2.71 bits per heavy atom. The number of rotatable bonds is 5. The minimum atomic E-state index is 0.0844. The fourth-order valence-corrected chi connectivity index (χ4v) is 1.99. The molecule has 2 rings (SSSR count). The summed E-state index contributed by atoms with van der Waals surface area (Å²) in [6, 6.07) is 10.3. The Kier molecular flexibility index (Phi) is 3.55. The highest BCUT2D eigenvalue weighted by Crippen LogP contribution is 2.23. The average Bonchev–Trinajstić information content (AvgIpc) is 2.86. The van der Waals surface area contributed by atoms with Gasteiger partial charge < -0.3 is 0 Å². The minimum Gasteiger partial charge on any atom is -0.261 e. The van der Waals surface area contributed by atoms with E-state index in [1.165, 1.54) is 11.1 Å². The molecule has 1 aromatic heterocycles. The molecule has 0 saturated carbocycles. The van der Waals surface area contributed by atoms with Gasteiger partial charge in [-0.3, -0.25) is 4.68 Å². The Bertz CT molecular complexity index is 497. The fourth-order valence-electron chi connectivity index (χ4n) is 1.99. The molecule has 17 heavy (non-hydrogen) atoms. The van der Waals surface area contributed by atoms with Gasteiger partial charge in [-0.1, -0.05) is 36.4 Å². The maximum Gasteiger partial charge on any atom is 0.0949 e. The van der Waals surface area contributed by atoms with Crippen LogP contribution < -0.4 is 0 Å². The van der Waals surface area contributed by atoms with Gasteiger partial charge in [0.15, 0.2) is 0 Å². The Hall–Kier alpha value is -2.09. The summed E-state index contributed by atoms with van der Waals surface area (Å²) >= 11 is 0. The second kappa shape index (κ2) is 5.30. The van der Waals surface area contributed by atoms with Crippen molar-refractivity contribution in [2.75, 3.05) is 0 Å². The second-order valence-electron chi connectivity index (χ2n) is 3.86. The van der Waals surface area contributed by atoms with E-state index in [-0.39, 0.29) is 6.04 Å². The lowest BCUT2D eigenvalue weighted by atomic mass is 9.98. The smallest absolute Gasteiger partial charge is 0.0949 e. The van der Waals surface area contributed by atoms with Gasteiger partial charge in [0.05, 0.1) is 6.04 Å². The number of nitrogens with zero attached hydrogens (tertiary/aromatic N) is 2. The maximum absolute atomic E-state index is 4.28. The van der Waals surface area contributed by atoms with E-state index in [4.69, 9.17) is 0 Å². The Labute approximate surface area is 102 Å². The molecule has 2 aromatic rings. The molecule has 0 bridgehead atoms. The van der Waals surface area contributed by atoms with Crippen molar-refractivity contribution in [1.29, 1.82) is 0 Å². The van der Waals surface area contributed by atoms with Crippen LogP contribution in [0.5, 0.6) is 0 Å². The molecule has 0 spiro atoms. The average molecular weight is 224 g/mol. The zero-order valence-corrected chi connectivity index (χ0v) is 9.79.